The zero-order valence-electron chi connectivity index (χ0n) is 13.1. The van der Waals surface area contributed by atoms with Crippen molar-refractivity contribution in [2.24, 2.45) is 5.92 Å². The van der Waals surface area contributed by atoms with Crippen molar-refractivity contribution in [3.05, 3.63) is 16.1 Å². The van der Waals surface area contributed by atoms with E-state index in [0.717, 1.165) is 18.5 Å². The number of hydrogen-bond donors (Lipinski definition) is 1. The summed E-state index contributed by atoms with van der Waals surface area (Å²) < 4.78 is 0. The number of thiazole rings is 1. The van der Waals surface area contributed by atoms with E-state index < -0.39 is 0 Å². The highest BCUT2D eigenvalue weighted by Crippen LogP contribution is 2.41. The van der Waals surface area contributed by atoms with Crippen molar-refractivity contribution in [3.63, 3.8) is 0 Å². The normalized spacial score (nSPS) is 29.9. The molecule has 3 aliphatic rings. The van der Waals surface area contributed by atoms with Gasteiger partial charge in [0.15, 0.2) is 0 Å². The summed E-state index contributed by atoms with van der Waals surface area (Å²) in [7, 11) is 0. The van der Waals surface area contributed by atoms with Gasteiger partial charge in [-0.1, -0.05) is 19.3 Å². The SMILES string of the molecule is Cc1csc(CN2CC(C3CC3)NCC23CCCCC3)n1. The molecule has 0 radical (unpaired) electrons. The van der Waals surface area contributed by atoms with Crippen molar-refractivity contribution < 1.29 is 0 Å². The summed E-state index contributed by atoms with van der Waals surface area (Å²) in [6.07, 6.45) is 9.87. The second-order valence-corrected chi connectivity index (χ2v) is 8.32. The summed E-state index contributed by atoms with van der Waals surface area (Å²) in [5, 5.41) is 7.42. The van der Waals surface area contributed by atoms with E-state index in [1.165, 1.54) is 68.7 Å². The fourth-order valence-corrected chi connectivity index (χ4v) is 5.10. The molecule has 4 heteroatoms. The van der Waals surface area contributed by atoms with Crippen LogP contribution in [0.1, 0.15) is 55.6 Å². The van der Waals surface area contributed by atoms with E-state index in [0.29, 0.717) is 5.54 Å². The molecule has 4 rings (SSSR count). The summed E-state index contributed by atoms with van der Waals surface area (Å²) in [5.74, 6) is 0.950. The molecular weight excluding hydrogens is 278 g/mol. The van der Waals surface area contributed by atoms with Crippen LogP contribution in [0.4, 0.5) is 0 Å². The zero-order valence-corrected chi connectivity index (χ0v) is 13.9. The monoisotopic (exact) mass is 305 g/mol. The summed E-state index contributed by atoms with van der Waals surface area (Å²) in [4.78, 5) is 7.53. The van der Waals surface area contributed by atoms with E-state index in [9.17, 15) is 0 Å². The van der Waals surface area contributed by atoms with Crippen LogP contribution in [0.25, 0.3) is 0 Å². The summed E-state index contributed by atoms with van der Waals surface area (Å²) in [6.45, 7) is 5.63. The molecule has 1 unspecified atom stereocenters. The van der Waals surface area contributed by atoms with Crippen LogP contribution < -0.4 is 5.32 Å². The van der Waals surface area contributed by atoms with Crippen molar-refractivity contribution in [3.8, 4) is 0 Å². The van der Waals surface area contributed by atoms with E-state index in [1.807, 2.05) is 11.3 Å². The Balaban J connectivity index is 1.53. The van der Waals surface area contributed by atoms with E-state index in [1.54, 1.807) is 0 Å². The van der Waals surface area contributed by atoms with Crippen molar-refractivity contribution in [1.82, 2.24) is 15.2 Å². The maximum absolute atomic E-state index is 4.72. The molecule has 1 spiro atoms. The predicted octanol–water partition coefficient (Wildman–Crippen LogP) is 3.34. The Labute approximate surface area is 132 Å². The van der Waals surface area contributed by atoms with Crippen LogP contribution in [0.2, 0.25) is 0 Å². The maximum atomic E-state index is 4.72. The molecule has 1 atom stereocenters. The maximum Gasteiger partial charge on any atom is 0.107 e. The van der Waals surface area contributed by atoms with Crippen LogP contribution in [0, 0.1) is 12.8 Å². The van der Waals surface area contributed by atoms with Gasteiger partial charge in [0, 0.05) is 35.7 Å². The van der Waals surface area contributed by atoms with Gasteiger partial charge in [-0.2, -0.15) is 0 Å². The lowest BCUT2D eigenvalue weighted by Gasteiger charge is -2.52. The summed E-state index contributed by atoms with van der Waals surface area (Å²) in [5.41, 5.74) is 1.60. The van der Waals surface area contributed by atoms with Gasteiger partial charge in [0.2, 0.25) is 0 Å². The number of hydrogen-bond acceptors (Lipinski definition) is 4. The van der Waals surface area contributed by atoms with Gasteiger partial charge in [-0.25, -0.2) is 4.98 Å². The number of piperazine rings is 1. The highest BCUT2D eigenvalue weighted by atomic mass is 32.1. The van der Waals surface area contributed by atoms with Crippen molar-refractivity contribution in [1.29, 1.82) is 0 Å². The van der Waals surface area contributed by atoms with Crippen LogP contribution in [-0.4, -0.2) is 34.6 Å². The molecule has 0 amide bonds. The predicted molar refractivity (Wildman–Crippen MR) is 87.6 cm³/mol. The number of rotatable bonds is 3. The Morgan fingerprint density at radius 1 is 1.33 bits per heavy atom. The minimum atomic E-state index is 0.420. The van der Waals surface area contributed by atoms with Crippen molar-refractivity contribution in [2.45, 2.75) is 70.0 Å². The van der Waals surface area contributed by atoms with Gasteiger partial charge in [0.05, 0.1) is 6.54 Å². The molecule has 1 aromatic rings. The first kappa shape index (κ1) is 14.2. The Morgan fingerprint density at radius 3 is 2.81 bits per heavy atom. The Bertz CT molecular complexity index is 488. The first-order valence-electron chi connectivity index (χ1n) is 8.65. The molecule has 0 bridgehead atoms. The second-order valence-electron chi connectivity index (χ2n) is 7.37. The molecule has 21 heavy (non-hydrogen) atoms. The lowest BCUT2D eigenvalue weighted by Crippen LogP contribution is -2.65. The van der Waals surface area contributed by atoms with Crippen LogP contribution in [0.5, 0.6) is 0 Å². The average molecular weight is 305 g/mol. The van der Waals surface area contributed by atoms with E-state index >= 15 is 0 Å². The van der Waals surface area contributed by atoms with Crippen LogP contribution in [0.15, 0.2) is 5.38 Å². The highest BCUT2D eigenvalue weighted by Gasteiger charge is 2.45. The number of aromatic nitrogens is 1. The molecular formula is C17H27N3S. The molecule has 3 nitrogen and oxygen atoms in total. The Morgan fingerprint density at radius 2 is 2.14 bits per heavy atom. The third-order valence-electron chi connectivity index (χ3n) is 5.75. The van der Waals surface area contributed by atoms with E-state index in [4.69, 9.17) is 4.98 Å². The first-order valence-corrected chi connectivity index (χ1v) is 9.53. The van der Waals surface area contributed by atoms with E-state index in [-0.39, 0.29) is 0 Å². The van der Waals surface area contributed by atoms with E-state index in [2.05, 4.69) is 22.5 Å². The van der Waals surface area contributed by atoms with Crippen LogP contribution >= 0.6 is 11.3 Å². The molecule has 1 aliphatic heterocycles. The largest absolute Gasteiger partial charge is 0.311 e. The van der Waals surface area contributed by atoms with Gasteiger partial charge in [-0.15, -0.1) is 11.3 Å². The van der Waals surface area contributed by atoms with Crippen molar-refractivity contribution >= 4 is 11.3 Å². The number of aryl methyl sites for hydroxylation is 1. The number of nitrogens with zero attached hydrogens (tertiary/aromatic N) is 2. The molecule has 116 valence electrons. The summed E-state index contributed by atoms with van der Waals surface area (Å²) >= 11 is 1.84. The number of nitrogens with one attached hydrogen (secondary N) is 1. The molecule has 2 aliphatic carbocycles. The van der Waals surface area contributed by atoms with Gasteiger partial charge < -0.3 is 5.32 Å². The molecule has 2 saturated carbocycles. The lowest BCUT2D eigenvalue weighted by molar-refractivity contribution is -0.000335. The average Bonchev–Trinajstić information content (AvgIpc) is 3.26. The molecule has 1 N–H and O–H groups in total. The Hall–Kier alpha value is -0.450. The second kappa shape index (κ2) is 5.64. The first-order chi connectivity index (χ1) is 10.3. The third kappa shape index (κ3) is 2.90. The molecule has 0 aromatic carbocycles. The summed E-state index contributed by atoms with van der Waals surface area (Å²) in [6, 6.07) is 0.735. The fraction of sp³-hybridized carbons (Fsp3) is 0.824. The zero-order chi connectivity index (χ0) is 14.3. The smallest absolute Gasteiger partial charge is 0.107 e. The van der Waals surface area contributed by atoms with Gasteiger partial charge >= 0.3 is 0 Å². The Kier molecular flexibility index (Phi) is 3.80. The molecule has 2 heterocycles. The molecule has 1 aromatic heterocycles. The lowest BCUT2D eigenvalue weighted by atomic mass is 9.78. The highest BCUT2D eigenvalue weighted by molar-refractivity contribution is 7.09. The molecule has 3 fully saturated rings. The van der Waals surface area contributed by atoms with Crippen molar-refractivity contribution in [2.75, 3.05) is 13.1 Å². The van der Waals surface area contributed by atoms with Gasteiger partial charge in [0.25, 0.3) is 0 Å². The standard InChI is InChI=1S/C17H27N3S/c1-13-11-21-16(19-13)10-20-9-15(14-5-6-14)18-12-17(20)7-3-2-4-8-17/h11,14-15,18H,2-10,12H2,1H3. The van der Waals surface area contributed by atoms with Gasteiger partial charge in [-0.3, -0.25) is 4.90 Å². The molecule has 1 saturated heterocycles. The van der Waals surface area contributed by atoms with Crippen LogP contribution in [-0.2, 0) is 6.54 Å². The van der Waals surface area contributed by atoms with Gasteiger partial charge in [0.1, 0.15) is 5.01 Å². The topological polar surface area (TPSA) is 28.2 Å². The van der Waals surface area contributed by atoms with Crippen LogP contribution in [0.3, 0.4) is 0 Å². The fourth-order valence-electron chi connectivity index (χ4n) is 4.32. The minimum absolute atomic E-state index is 0.420. The third-order valence-corrected chi connectivity index (χ3v) is 6.70. The van der Waals surface area contributed by atoms with Gasteiger partial charge in [-0.05, 0) is 38.5 Å². The quantitative estimate of drug-likeness (QED) is 0.928. The minimum Gasteiger partial charge on any atom is -0.311 e.